The lowest BCUT2D eigenvalue weighted by Crippen LogP contribution is -2.52. The molecule has 1 aliphatic heterocycles. The standard InChI is InChI=1S/C23H25BrF3N5O/c24-21-11-18(25)2-1-17(21)5-6-30-7-9-31(10-8-30)13-23(33,14-32-16-28-15-29-32)20-4-3-19(26)12-22(20)27/h1-4,11-12,15-16,33H,5-10,13-14H2. The minimum Gasteiger partial charge on any atom is -0.382 e. The second kappa shape index (κ2) is 10.3. The number of piperazine rings is 1. The molecule has 0 saturated carbocycles. The second-order valence-corrected chi connectivity index (χ2v) is 9.21. The molecular formula is C23H25BrF3N5O. The van der Waals surface area contributed by atoms with Gasteiger partial charge in [-0.2, -0.15) is 5.10 Å². The van der Waals surface area contributed by atoms with E-state index in [2.05, 4.69) is 35.8 Å². The molecule has 1 atom stereocenters. The van der Waals surface area contributed by atoms with Gasteiger partial charge >= 0.3 is 0 Å². The van der Waals surface area contributed by atoms with Crippen LogP contribution in [-0.4, -0.2) is 68.9 Å². The molecule has 2 heterocycles. The molecule has 33 heavy (non-hydrogen) atoms. The third kappa shape index (κ3) is 6.00. The van der Waals surface area contributed by atoms with Crippen molar-refractivity contribution in [3.8, 4) is 0 Å². The number of hydrogen-bond donors (Lipinski definition) is 1. The van der Waals surface area contributed by atoms with Crippen LogP contribution in [0.5, 0.6) is 0 Å². The normalized spacial score (nSPS) is 17.2. The van der Waals surface area contributed by atoms with Crippen LogP contribution in [0.1, 0.15) is 11.1 Å². The summed E-state index contributed by atoms with van der Waals surface area (Å²) in [6.07, 6.45) is 3.59. The molecule has 1 aromatic heterocycles. The average Bonchev–Trinajstić information content (AvgIpc) is 3.26. The number of halogens is 4. The highest BCUT2D eigenvalue weighted by atomic mass is 79.9. The molecule has 0 spiro atoms. The minimum atomic E-state index is -1.60. The second-order valence-electron chi connectivity index (χ2n) is 8.35. The van der Waals surface area contributed by atoms with E-state index in [0.717, 1.165) is 48.2 Å². The highest BCUT2D eigenvalue weighted by molar-refractivity contribution is 9.10. The predicted octanol–water partition coefficient (Wildman–Crippen LogP) is 3.21. The topological polar surface area (TPSA) is 57.4 Å². The smallest absolute Gasteiger partial charge is 0.137 e. The van der Waals surface area contributed by atoms with Gasteiger partial charge in [0, 0.05) is 55.4 Å². The summed E-state index contributed by atoms with van der Waals surface area (Å²) in [5, 5.41) is 15.5. The lowest BCUT2D eigenvalue weighted by atomic mass is 9.92. The van der Waals surface area contributed by atoms with Gasteiger partial charge in [0.25, 0.3) is 0 Å². The molecule has 1 aliphatic rings. The van der Waals surface area contributed by atoms with Gasteiger partial charge in [-0.1, -0.05) is 28.1 Å². The minimum absolute atomic E-state index is 0.00559. The average molecular weight is 524 g/mol. The van der Waals surface area contributed by atoms with Crippen molar-refractivity contribution in [1.29, 1.82) is 0 Å². The van der Waals surface area contributed by atoms with E-state index in [0.29, 0.717) is 13.1 Å². The van der Waals surface area contributed by atoms with Gasteiger partial charge < -0.3 is 10.0 Å². The van der Waals surface area contributed by atoms with Crippen LogP contribution in [0, 0.1) is 17.5 Å². The summed E-state index contributed by atoms with van der Waals surface area (Å²) in [6, 6.07) is 7.94. The van der Waals surface area contributed by atoms with E-state index in [-0.39, 0.29) is 24.5 Å². The monoisotopic (exact) mass is 523 g/mol. The molecule has 1 unspecified atom stereocenters. The number of nitrogens with zero attached hydrogens (tertiary/aromatic N) is 5. The summed E-state index contributed by atoms with van der Waals surface area (Å²) in [4.78, 5) is 8.27. The van der Waals surface area contributed by atoms with Crippen molar-refractivity contribution >= 4 is 15.9 Å². The largest absolute Gasteiger partial charge is 0.382 e. The fourth-order valence-corrected chi connectivity index (χ4v) is 4.76. The number of aromatic nitrogens is 3. The Morgan fingerprint density at radius 1 is 0.939 bits per heavy atom. The van der Waals surface area contributed by atoms with Crippen LogP contribution in [0.3, 0.4) is 0 Å². The molecule has 1 saturated heterocycles. The predicted molar refractivity (Wildman–Crippen MR) is 121 cm³/mol. The summed E-state index contributed by atoms with van der Waals surface area (Å²) in [5.41, 5.74) is -0.525. The van der Waals surface area contributed by atoms with E-state index >= 15 is 0 Å². The van der Waals surface area contributed by atoms with Crippen molar-refractivity contribution in [3.05, 3.63) is 82.1 Å². The lowest BCUT2D eigenvalue weighted by Gasteiger charge is -2.39. The van der Waals surface area contributed by atoms with Gasteiger partial charge in [0.15, 0.2) is 0 Å². The molecule has 2 aromatic carbocycles. The molecule has 0 bridgehead atoms. The van der Waals surface area contributed by atoms with E-state index < -0.39 is 17.2 Å². The molecular weight excluding hydrogens is 499 g/mol. The van der Waals surface area contributed by atoms with Crippen molar-refractivity contribution in [2.45, 2.75) is 18.6 Å². The van der Waals surface area contributed by atoms with Crippen LogP contribution in [0.4, 0.5) is 13.2 Å². The maximum absolute atomic E-state index is 14.6. The number of aliphatic hydroxyl groups is 1. The Hall–Kier alpha value is -2.27. The van der Waals surface area contributed by atoms with Crippen molar-refractivity contribution < 1.29 is 18.3 Å². The molecule has 0 radical (unpaired) electrons. The number of hydrogen-bond acceptors (Lipinski definition) is 5. The summed E-state index contributed by atoms with van der Waals surface area (Å²) in [6.45, 7) is 3.93. The van der Waals surface area contributed by atoms with Gasteiger partial charge in [0.2, 0.25) is 0 Å². The molecule has 4 rings (SSSR count). The number of β-amino-alcohol motifs (C(OH)–C–C–N with tert-alkyl or cyclic N) is 1. The molecule has 6 nitrogen and oxygen atoms in total. The zero-order valence-corrected chi connectivity index (χ0v) is 19.6. The number of benzene rings is 2. The quantitative estimate of drug-likeness (QED) is 0.491. The Balaban J connectivity index is 1.39. The van der Waals surface area contributed by atoms with Gasteiger partial charge in [0.05, 0.1) is 6.54 Å². The SMILES string of the molecule is OC(CN1CCN(CCc2ccc(F)cc2Br)CC1)(Cn1cncn1)c1ccc(F)cc1F. The zero-order chi connectivity index (χ0) is 23.4. The summed E-state index contributed by atoms with van der Waals surface area (Å²) >= 11 is 3.41. The Morgan fingerprint density at radius 3 is 2.30 bits per heavy atom. The first-order chi connectivity index (χ1) is 15.8. The first-order valence-electron chi connectivity index (χ1n) is 10.7. The molecule has 10 heteroatoms. The fourth-order valence-electron chi connectivity index (χ4n) is 4.21. The van der Waals surface area contributed by atoms with Crippen molar-refractivity contribution in [2.75, 3.05) is 39.3 Å². The van der Waals surface area contributed by atoms with Crippen LogP contribution >= 0.6 is 15.9 Å². The molecule has 3 aromatic rings. The fraction of sp³-hybridized carbons (Fsp3) is 0.391. The molecule has 1 fully saturated rings. The first-order valence-corrected chi connectivity index (χ1v) is 11.5. The number of rotatable bonds is 8. The van der Waals surface area contributed by atoms with E-state index in [1.165, 1.54) is 35.5 Å². The van der Waals surface area contributed by atoms with Crippen LogP contribution in [-0.2, 0) is 18.6 Å². The van der Waals surface area contributed by atoms with Gasteiger partial charge in [0.1, 0.15) is 35.7 Å². The van der Waals surface area contributed by atoms with Crippen LogP contribution < -0.4 is 0 Å². The maximum Gasteiger partial charge on any atom is 0.137 e. The van der Waals surface area contributed by atoms with Crippen molar-refractivity contribution in [1.82, 2.24) is 24.6 Å². The van der Waals surface area contributed by atoms with E-state index in [4.69, 9.17) is 0 Å². The lowest BCUT2D eigenvalue weighted by molar-refractivity contribution is -0.0317. The third-order valence-electron chi connectivity index (χ3n) is 5.99. The van der Waals surface area contributed by atoms with Crippen LogP contribution in [0.15, 0.2) is 53.5 Å². The van der Waals surface area contributed by atoms with Crippen molar-refractivity contribution in [2.24, 2.45) is 0 Å². The van der Waals surface area contributed by atoms with Gasteiger partial charge in [-0.3, -0.25) is 4.90 Å². The Morgan fingerprint density at radius 2 is 1.64 bits per heavy atom. The molecule has 0 amide bonds. The van der Waals surface area contributed by atoms with E-state index in [1.54, 1.807) is 6.07 Å². The Bertz CT molecular complexity index is 1080. The molecule has 176 valence electrons. The molecule has 1 N–H and O–H groups in total. The van der Waals surface area contributed by atoms with E-state index in [9.17, 15) is 18.3 Å². The Labute approximate surface area is 198 Å². The third-order valence-corrected chi connectivity index (χ3v) is 6.72. The molecule has 0 aliphatic carbocycles. The zero-order valence-electron chi connectivity index (χ0n) is 18.0. The van der Waals surface area contributed by atoms with Crippen LogP contribution in [0.25, 0.3) is 0 Å². The van der Waals surface area contributed by atoms with Crippen molar-refractivity contribution in [3.63, 3.8) is 0 Å². The summed E-state index contributed by atoms with van der Waals surface area (Å²) in [5.74, 6) is -1.75. The van der Waals surface area contributed by atoms with Gasteiger partial charge in [-0.05, 0) is 30.2 Å². The van der Waals surface area contributed by atoms with E-state index in [1.807, 2.05) is 0 Å². The highest BCUT2D eigenvalue weighted by Crippen LogP contribution is 2.28. The first kappa shape index (κ1) is 23.9. The van der Waals surface area contributed by atoms with Gasteiger partial charge in [-0.15, -0.1) is 0 Å². The summed E-state index contributed by atoms with van der Waals surface area (Å²) < 4.78 is 43.6. The maximum atomic E-state index is 14.6. The van der Waals surface area contributed by atoms with Crippen LogP contribution in [0.2, 0.25) is 0 Å². The highest BCUT2D eigenvalue weighted by Gasteiger charge is 2.36. The van der Waals surface area contributed by atoms with Gasteiger partial charge in [-0.25, -0.2) is 22.8 Å². The Kier molecular flexibility index (Phi) is 7.48. The summed E-state index contributed by atoms with van der Waals surface area (Å²) in [7, 11) is 0.